The maximum absolute atomic E-state index is 15.0. The Balaban J connectivity index is 1.69. The van der Waals surface area contributed by atoms with Crippen LogP contribution >= 0.6 is 0 Å². The third kappa shape index (κ3) is 2.75. The van der Waals surface area contributed by atoms with Crippen LogP contribution in [0.4, 0.5) is 9.18 Å². The molecule has 0 spiro atoms. The maximum atomic E-state index is 15.0. The van der Waals surface area contributed by atoms with Crippen molar-refractivity contribution in [1.82, 2.24) is 9.80 Å². The van der Waals surface area contributed by atoms with E-state index in [1.807, 2.05) is 18.2 Å². The lowest BCUT2D eigenvalue weighted by atomic mass is 10.0. The summed E-state index contributed by atoms with van der Waals surface area (Å²) in [5.41, 5.74) is -0.113. The molecule has 2 saturated heterocycles. The summed E-state index contributed by atoms with van der Waals surface area (Å²) in [5, 5.41) is 0. The largest absolute Gasteiger partial charge is 0.450 e. The van der Waals surface area contributed by atoms with Gasteiger partial charge in [0.2, 0.25) is 0 Å². The average molecular weight is 292 g/mol. The lowest BCUT2D eigenvalue weighted by molar-refractivity contribution is 0.104. The summed E-state index contributed by atoms with van der Waals surface area (Å²) in [7, 11) is 0. The van der Waals surface area contributed by atoms with Crippen molar-refractivity contribution >= 4 is 6.09 Å². The van der Waals surface area contributed by atoms with E-state index in [4.69, 9.17) is 4.74 Å². The zero-order chi connectivity index (χ0) is 14.9. The molecule has 2 aliphatic heterocycles. The van der Waals surface area contributed by atoms with Gasteiger partial charge >= 0.3 is 6.09 Å². The molecule has 2 fully saturated rings. The number of alkyl halides is 1. The molecule has 3 rings (SSSR count). The van der Waals surface area contributed by atoms with E-state index in [2.05, 4.69) is 17.0 Å². The molecule has 2 atom stereocenters. The highest BCUT2D eigenvalue weighted by Crippen LogP contribution is 2.39. The topological polar surface area (TPSA) is 32.8 Å². The predicted octanol–water partition coefficient (Wildman–Crippen LogP) is 2.44. The zero-order valence-corrected chi connectivity index (χ0v) is 12.3. The number of halogens is 1. The van der Waals surface area contributed by atoms with E-state index in [1.54, 1.807) is 6.92 Å². The molecule has 114 valence electrons. The Morgan fingerprint density at radius 1 is 1.43 bits per heavy atom. The smallest absolute Gasteiger partial charge is 0.409 e. The van der Waals surface area contributed by atoms with E-state index in [0.717, 1.165) is 13.1 Å². The van der Waals surface area contributed by atoms with E-state index in [-0.39, 0.29) is 12.6 Å². The quantitative estimate of drug-likeness (QED) is 0.858. The van der Waals surface area contributed by atoms with Gasteiger partial charge in [0.25, 0.3) is 0 Å². The number of ether oxygens (including phenoxy) is 1. The molecular weight excluding hydrogens is 271 g/mol. The summed E-state index contributed by atoms with van der Waals surface area (Å²) >= 11 is 0. The minimum atomic E-state index is -1.29. The van der Waals surface area contributed by atoms with Gasteiger partial charge in [-0.3, -0.25) is 4.90 Å². The number of carbonyl (C=O) groups is 1. The van der Waals surface area contributed by atoms with Gasteiger partial charge in [-0.25, -0.2) is 9.18 Å². The standard InChI is InChI=1S/C16H21FN2O2/c1-2-21-15(20)19-11-14-16(17,12-19)8-9-18(14)10-13-6-4-3-5-7-13/h3-7,14H,2,8-12H2,1H3/t14-,16-/m0/s1. The Morgan fingerprint density at radius 2 is 2.19 bits per heavy atom. The van der Waals surface area contributed by atoms with Gasteiger partial charge in [0.15, 0.2) is 0 Å². The number of amides is 1. The molecule has 0 aliphatic carbocycles. The SMILES string of the molecule is CCOC(=O)N1C[C@@H]2N(Cc3ccccc3)CC[C@]2(F)C1. The van der Waals surface area contributed by atoms with Crippen LogP contribution in [0.1, 0.15) is 18.9 Å². The van der Waals surface area contributed by atoms with Crippen LogP contribution in [0.5, 0.6) is 0 Å². The predicted molar refractivity (Wildman–Crippen MR) is 77.7 cm³/mol. The normalized spacial score (nSPS) is 28.7. The van der Waals surface area contributed by atoms with Gasteiger partial charge in [-0.1, -0.05) is 30.3 Å². The fraction of sp³-hybridized carbons (Fsp3) is 0.562. The van der Waals surface area contributed by atoms with Crippen LogP contribution in [0.2, 0.25) is 0 Å². The number of benzene rings is 1. The first-order valence-corrected chi connectivity index (χ1v) is 7.51. The third-order valence-corrected chi connectivity index (χ3v) is 4.45. The molecule has 2 heterocycles. The van der Waals surface area contributed by atoms with Crippen molar-refractivity contribution in [3.63, 3.8) is 0 Å². The first kappa shape index (κ1) is 14.3. The van der Waals surface area contributed by atoms with Crippen LogP contribution in [0.15, 0.2) is 30.3 Å². The van der Waals surface area contributed by atoms with Crippen LogP contribution in [-0.2, 0) is 11.3 Å². The molecule has 0 unspecified atom stereocenters. The Bertz CT molecular complexity index is 510. The van der Waals surface area contributed by atoms with Gasteiger partial charge in [-0.05, 0) is 18.9 Å². The average Bonchev–Trinajstić information content (AvgIpc) is 2.96. The fourth-order valence-corrected chi connectivity index (χ4v) is 3.39. The second-order valence-electron chi connectivity index (χ2n) is 5.84. The highest BCUT2D eigenvalue weighted by molar-refractivity contribution is 5.68. The van der Waals surface area contributed by atoms with Gasteiger partial charge in [-0.15, -0.1) is 0 Å². The molecule has 1 aromatic rings. The molecule has 1 aromatic carbocycles. The summed E-state index contributed by atoms with van der Waals surface area (Å²) in [6, 6.07) is 9.85. The van der Waals surface area contributed by atoms with Gasteiger partial charge in [0.05, 0.1) is 19.2 Å². The Kier molecular flexibility index (Phi) is 3.85. The monoisotopic (exact) mass is 292 g/mol. The fourth-order valence-electron chi connectivity index (χ4n) is 3.39. The molecule has 0 bridgehead atoms. The number of rotatable bonds is 3. The highest BCUT2D eigenvalue weighted by Gasteiger charge is 2.55. The number of carbonyl (C=O) groups excluding carboxylic acids is 1. The molecule has 2 aliphatic rings. The molecule has 4 nitrogen and oxygen atoms in total. The van der Waals surface area contributed by atoms with E-state index in [0.29, 0.717) is 19.6 Å². The number of hydrogen-bond acceptors (Lipinski definition) is 3. The van der Waals surface area contributed by atoms with Gasteiger partial charge in [-0.2, -0.15) is 0 Å². The van der Waals surface area contributed by atoms with Gasteiger partial charge in [0, 0.05) is 19.6 Å². The first-order chi connectivity index (χ1) is 10.1. The van der Waals surface area contributed by atoms with Crippen molar-refractivity contribution in [2.45, 2.75) is 31.6 Å². The summed E-state index contributed by atoms with van der Waals surface area (Å²) in [4.78, 5) is 15.5. The Hall–Kier alpha value is -1.62. The summed E-state index contributed by atoms with van der Waals surface area (Å²) in [6.45, 7) is 4.14. The van der Waals surface area contributed by atoms with Crippen LogP contribution in [0.3, 0.4) is 0 Å². The van der Waals surface area contributed by atoms with E-state index in [1.165, 1.54) is 10.5 Å². The van der Waals surface area contributed by atoms with E-state index >= 15 is 4.39 Å². The lowest BCUT2D eigenvalue weighted by Crippen LogP contribution is -2.40. The van der Waals surface area contributed by atoms with Crippen LogP contribution < -0.4 is 0 Å². The molecule has 0 N–H and O–H groups in total. The highest BCUT2D eigenvalue weighted by atomic mass is 19.1. The van der Waals surface area contributed by atoms with E-state index in [9.17, 15) is 4.79 Å². The zero-order valence-electron chi connectivity index (χ0n) is 12.3. The summed E-state index contributed by atoms with van der Waals surface area (Å²) in [6.07, 6.45) is 0.0871. The minimum Gasteiger partial charge on any atom is -0.450 e. The van der Waals surface area contributed by atoms with Gasteiger partial charge < -0.3 is 9.64 Å². The Morgan fingerprint density at radius 3 is 2.90 bits per heavy atom. The minimum absolute atomic E-state index is 0.155. The van der Waals surface area contributed by atoms with Crippen LogP contribution in [-0.4, -0.2) is 53.8 Å². The molecular formula is C16H21FN2O2. The molecule has 0 aromatic heterocycles. The van der Waals surface area contributed by atoms with Crippen LogP contribution in [0, 0.1) is 0 Å². The summed E-state index contributed by atoms with van der Waals surface area (Å²) in [5.74, 6) is 0. The number of hydrogen-bond donors (Lipinski definition) is 0. The number of nitrogens with zero attached hydrogens (tertiary/aromatic N) is 2. The van der Waals surface area contributed by atoms with Crippen molar-refractivity contribution in [1.29, 1.82) is 0 Å². The number of fused-ring (bicyclic) bond motifs is 1. The second-order valence-corrected chi connectivity index (χ2v) is 5.84. The number of likely N-dealkylation sites (tertiary alicyclic amines) is 2. The molecule has 21 heavy (non-hydrogen) atoms. The van der Waals surface area contributed by atoms with Crippen molar-refractivity contribution in [2.24, 2.45) is 0 Å². The molecule has 0 saturated carbocycles. The Labute approximate surface area is 124 Å². The third-order valence-electron chi connectivity index (χ3n) is 4.45. The first-order valence-electron chi connectivity index (χ1n) is 7.51. The van der Waals surface area contributed by atoms with Crippen LogP contribution in [0.25, 0.3) is 0 Å². The molecule has 5 heteroatoms. The summed E-state index contributed by atoms with van der Waals surface area (Å²) < 4.78 is 20.0. The van der Waals surface area contributed by atoms with Crippen molar-refractivity contribution in [3.05, 3.63) is 35.9 Å². The molecule has 0 radical (unpaired) electrons. The van der Waals surface area contributed by atoms with Crippen molar-refractivity contribution in [2.75, 3.05) is 26.2 Å². The molecule has 1 amide bonds. The lowest BCUT2D eigenvalue weighted by Gasteiger charge is -2.25. The van der Waals surface area contributed by atoms with Crippen molar-refractivity contribution < 1.29 is 13.9 Å². The van der Waals surface area contributed by atoms with Gasteiger partial charge in [0.1, 0.15) is 5.67 Å². The van der Waals surface area contributed by atoms with E-state index < -0.39 is 11.8 Å². The second kappa shape index (κ2) is 5.64. The maximum Gasteiger partial charge on any atom is 0.409 e. The van der Waals surface area contributed by atoms with Crippen molar-refractivity contribution in [3.8, 4) is 0 Å².